The molecule has 144 valence electrons. The Labute approximate surface area is 166 Å². The first-order valence-corrected chi connectivity index (χ1v) is 9.27. The van der Waals surface area contributed by atoms with Crippen LogP contribution in [0.3, 0.4) is 0 Å². The van der Waals surface area contributed by atoms with Gasteiger partial charge in [-0.05, 0) is 55.4 Å². The van der Waals surface area contributed by atoms with E-state index in [0.29, 0.717) is 12.0 Å². The van der Waals surface area contributed by atoms with E-state index >= 15 is 0 Å². The smallest absolute Gasteiger partial charge is 0.280 e. The Kier molecular flexibility index (Phi) is 4.72. The Morgan fingerprint density at radius 2 is 1.89 bits per heavy atom. The summed E-state index contributed by atoms with van der Waals surface area (Å²) in [7, 11) is 0. The number of phenolic OH excluding ortho intramolecular Hbond substituents is 1. The molecule has 0 bridgehead atoms. The third kappa shape index (κ3) is 3.09. The standard InChI is InChI=1S/C20H17FN2O4S/c21-16-9-12(8-13(11-24)17(16)25)18-19(26)23(20(28)27-18)15-5-3-4-14(10-15)22-6-1-2-7-22/h3-5,8-11,18,25H,1-2,6-7H2. The van der Waals surface area contributed by atoms with Gasteiger partial charge in [-0.2, -0.15) is 0 Å². The fraction of sp³-hybridized carbons (Fsp3) is 0.250. The topological polar surface area (TPSA) is 70.1 Å². The predicted molar refractivity (Wildman–Crippen MR) is 105 cm³/mol. The zero-order valence-electron chi connectivity index (χ0n) is 14.8. The molecule has 1 unspecified atom stereocenters. The van der Waals surface area contributed by atoms with Crippen LogP contribution in [-0.4, -0.2) is 35.6 Å². The number of hydrogen-bond acceptors (Lipinski definition) is 6. The van der Waals surface area contributed by atoms with Crippen LogP contribution in [0, 0.1) is 5.82 Å². The maximum atomic E-state index is 13.9. The summed E-state index contributed by atoms with van der Waals surface area (Å²) in [6, 6.07) is 9.64. The third-order valence-electron chi connectivity index (χ3n) is 4.95. The number of thiocarbonyl (C=S) groups is 1. The number of nitrogens with zero attached hydrogens (tertiary/aromatic N) is 2. The molecule has 2 aliphatic heterocycles. The van der Waals surface area contributed by atoms with Gasteiger partial charge in [0.15, 0.2) is 17.9 Å². The van der Waals surface area contributed by atoms with Crippen molar-refractivity contribution in [3.63, 3.8) is 0 Å². The Morgan fingerprint density at radius 3 is 2.61 bits per heavy atom. The molecule has 2 fully saturated rings. The lowest BCUT2D eigenvalue weighted by Gasteiger charge is -2.20. The maximum Gasteiger partial charge on any atom is 0.280 e. The van der Waals surface area contributed by atoms with E-state index in [9.17, 15) is 19.1 Å². The summed E-state index contributed by atoms with van der Waals surface area (Å²) in [5.41, 5.74) is 1.42. The Balaban J connectivity index is 1.66. The van der Waals surface area contributed by atoms with E-state index in [-0.39, 0.29) is 16.3 Å². The molecule has 1 N–H and O–H groups in total. The predicted octanol–water partition coefficient (Wildman–Crippen LogP) is 3.33. The summed E-state index contributed by atoms with van der Waals surface area (Å²) in [5.74, 6) is -2.25. The summed E-state index contributed by atoms with van der Waals surface area (Å²) in [5, 5.41) is 9.53. The van der Waals surface area contributed by atoms with Crippen molar-refractivity contribution in [2.45, 2.75) is 18.9 Å². The van der Waals surface area contributed by atoms with Crippen molar-refractivity contribution in [2.24, 2.45) is 0 Å². The van der Waals surface area contributed by atoms with Gasteiger partial charge in [-0.3, -0.25) is 9.59 Å². The van der Waals surface area contributed by atoms with E-state index in [1.807, 2.05) is 18.2 Å². The zero-order chi connectivity index (χ0) is 19.8. The summed E-state index contributed by atoms with van der Waals surface area (Å²) < 4.78 is 19.4. The van der Waals surface area contributed by atoms with Crippen LogP contribution in [0.4, 0.5) is 15.8 Å². The van der Waals surface area contributed by atoms with Crippen molar-refractivity contribution >= 4 is 41.0 Å². The second-order valence-corrected chi connectivity index (χ2v) is 7.06. The second kappa shape index (κ2) is 7.20. The van der Waals surface area contributed by atoms with Crippen molar-refractivity contribution in [3.05, 3.63) is 53.3 Å². The van der Waals surface area contributed by atoms with Crippen LogP contribution in [0.15, 0.2) is 36.4 Å². The van der Waals surface area contributed by atoms with Crippen molar-refractivity contribution in [3.8, 4) is 5.75 Å². The van der Waals surface area contributed by atoms with Crippen molar-refractivity contribution in [1.29, 1.82) is 0 Å². The highest BCUT2D eigenvalue weighted by molar-refractivity contribution is 7.80. The van der Waals surface area contributed by atoms with Gasteiger partial charge in [-0.15, -0.1) is 0 Å². The van der Waals surface area contributed by atoms with Crippen molar-refractivity contribution in [1.82, 2.24) is 0 Å². The van der Waals surface area contributed by atoms with Gasteiger partial charge in [0.2, 0.25) is 6.10 Å². The summed E-state index contributed by atoms with van der Waals surface area (Å²) in [4.78, 5) is 27.5. The molecule has 0 radical (unpaired) electrons. The molecule has 8 heteroatoms. The van der Waals surface area contributed by atoms with E-state index in [2.05, 4.69) is 4.90 Å². The lowest BCUT2D eigenvalue weighted by Crippen LogP contribution is -2.29. The fourth-order valence-electron chi connectivity index (χ4n) is 3.54. The van der Waals surface area contributed by atoms with Crippen LogP contribution >= 0.6 is 12.2 Å². The van der Waals surface area contributed by atoms with Crippen LogP contribution in [0.1, 0.15) is 34.9 Å². The largest absolute Gasteiger partial charge is 0.504 e. The van der Waals surface area contributed by atoms with Crippen molar-refractivity contribution in [2.75, 3.05) is 22.9 Å². The number of phenols is 1. The number of carbonyl (C=O) groups excluding carboxylic acids is 2. The SMILES string of the molecule is O=Cc1cc(C2OC(=S)N(c3cccc(N4CCCC4)c3)C2=O)cc(F)c1O. The lowest BCUT2D eigenvalue weighted by molar-refractivity contribution is -0.122. The quantitative estimate of drug-likeness (QED) is 0.627. The maximum absolute atomic E-state index is 13.9. The van der Waals surface area contributed by atoms with Gasteiger partial charge < -0.3 is 14.7 Å². The van der Waals surface area contributed by atoms with Crippen LogP contribution in [-0.2, 0) is 9.53 Å². The van der Waals surface area contributed by atoms with E-state index in [4.69, 9.17) is 17.0 Å². The van der Waals surface area contributed by atoms with Gasteiger partial charge in [0.05, 0.1) is 11.3 Å². The molecule has 2 aromatic carbocycles. The highest BCUT2D eigenvalue weighted by atomic mass is 32.1. The number of anilines is 2. The average Bonchev–Trinajstić information content (AvgIpc) is 3.32. The molecular formula is C20H17FN2O4S. The molecule has 0 spiro atoms. The van der Waals surface area contributed by atoms with E-state index in [1.165, 1.54) is 11.0 Å². The number of aldehydes is 1. The molecule has 4 rings (SSSR count). The minimum atomic E-state index is -1.18. The molecule has 1 amide bonds. The zero-order valence-corrected chi connectivity index (χ0v) is 15.6. The molecule has 2 heterocycles. The first-order chi connectivity index (χ1) is 13.5. The highest BCUT2D eigenvalue weighted by Crippen LogP contribution is 2.35. The molecule has 2 aromatic rings. The monoisotopic (exact) mass is 400 g/mol. The Bertz CT molecular complexity index is 975. The van der Waals surface area contributed by atoms with E-state index < -0.39 is 23.6 Å². The molecule has 28 heavy (non-hydrogen) atoms. The molecule has 6 nitrogen and oxygen atoms in total. The molecule has 0 aromatic heterocycles. The molecule has 2 aliphatic rings. The van der Waals surface area contributed by atoms with E-state index in [1.54, 1.807) is 6.07 Å². The van der Waals surface area contributed by atoms with Gasteiger partial charge >= 0.3 is 0 Å². The molecule has 0 saturated carbocycles. The summed E-state index contributed by atoms with van der Waals surface area (Å²) in [6.07, 6.45) is 1.39. The second-order valence-electron chi connectivity index (χ2n) is 6.71. The number of halogens is 1. The molecule has 0 aliphatic carbocycles. The number of amides is 1. The van der Waals surface area contributed by atoms with Crippen LogP contribution in [0.2, 0.25) is 0 Å². The minimum absolute atomic E-state index is 0.0466. The van der Waals surface area contributed by atoms with Crippen LogP contribution in [0.25, 0.3) is 0 Å². The van der Waals surface area contributed by atoms with Crippen LogP contribution in [0.5, 0.6) is 5.75 Å². The minimum Gasteiger partial charge on any atom is -0.504 e. The number of benzene rings is 2. The van der Waals surface area contributed by atoms with Gasteiger partial charge in [0.1, 0.15) is 0 Å². The van der Waals surface area contributed by atoms with Gasteiger partial charge in [-0.1, -0.05) is 6.07 Å². The first kappa shape index (κ1) is 18.4. The molecule has 2 saturated heterocycles. The number of hydrogen-bond donors (Lipinski definition) is 1. The number of rotatable bonds is 4. The fourth-order valence-corrected chi connectivity index (χ4v) is 3.83. The van der Waals surface area contributed by atoms with Crippen LogP contribution < -0.4 is 9.80 Å². The van der Waals surface area contributed by atoms with Gasteiger partial charge in [0, 0.05) is 24.3 Å². The summed E-state index contributed by atoms with van der Waals surface area (Å²) >= 11 is 5.23. The first-order valence-electron chi connectivity index (χ1n) is 8.87. The Hall–Kier alpha value is -3.00. The van der Waals surface area contributed by atoms with Crippen molar-refractivity contribution < 1.29 is 23.8 Å². The van der Waals surface area contributed by atoms with E-state index in [0.717, 1.165) is 37.7 Å². The number of ether oxygens (including phenoxy) is 1. The number of aromatic hydroxyl groups is 1. The Morgan fingerprint density at radius 1 is 1.18 bits per heavy atom. The summed E-state index contributed by atoms with van der Waals surface area (Å²) in [6.45, 7) is 1.92. The average molecular weight is 400 g/mol. The van der Waals surface area contributed by atoms with Gasteiger partial charge in [-0.25, -0.2) is 9.29 Å². The van der Waals surface area contributed by atoms with Gasteiger partial charge in [0.25, 0.3) is 11.1 Å². The normalized spacial score (nSPS) is 19.2. The third-order valence-corrected chi connectivity index (χ3v) is 5.23. The lowest BCUT2D eigenvalue weighted by atomic mass is 10.0. The molecular weight excluding hydrogens is 383 g/mol. The highest BCUT2D eigenvalue weighted by Gasteiger charge is 2.40. The number of carbonyl (C=O) groups is 2. The molecule has 1 atom stereocenters.